The maximum Gasteiger partial charge on any atom is 0.159 e. The predicted molar refractivity (Wildman–Crippen MR) is 111 cm³/mol. The molecule has 0 atom stereocenters. The summed E-state index contributed by atoms with van der Waals surface area (Å²) in [5, 5.41) is 0. The minimum Gasteiger partial charge on any atom is -0.383 e. The molecule has 0 fully saturated rings. The fourth-order valence-electron chi connectivity index (χ4n) is 2.66. The molecule has 2 rings (SSSR count). The van der Waals surface area contributed by atoms with E-state index in [1.165, 1.54) is 0 Å². The molecule has 0 bridgehead atoms. The smallest absolute Gasteiger partial charge is 0.159 e. The number of nitrogens with zero attached hydrogens (tertiary/aromatic N) is 4. The Labute approximate surface area is 156 Å². The molecule has 1 heterocycles. The summed E-state index contributed by atoms with van der Waals surface area (Å²) >= 11 is 0. The highest BCUT2D eigenvalue weighted by molar-refractivity contribution is 6.09. The number of allylic oxidation sites excluding steroid dienone is 4. The van der Waals surface area contributed by atoms with E-state index in [1.54, 1.807) is 7.05 Å². The summed E-state index contributed by atoms with van der Waals surface area (Å²) in [6, 6.07) is 8.19. The molecule has 134 valence electrons. The summed E-state index contributed by atoms with van der Waals surface area (Å²) in [7, 11) is 5.77. The first-order valence-electron chi connectivity index (χ1n) is 8.55. The Bertz CT molecular complexity index is 873. The fourth-order valence-corrected chi connectivity index (χ4v) is 2.66. The van der Waals surface area contributed by atoms with Crippen molar-refractivity contribution in [3.8, 4) is 11.4 Å². The molecule has 1 aromatic carbocycles. The van der Waals surface area contributed by atoms with Gasteiger partial charge in [-0.2, -0.15) is 0 Å². The molecule has 0 radical (unpaired) electrons. The second-order valence-electron chi connectivity index (χ2n) is 6.13. The van der Waals surface area contributed by atoms with Crippen LogP contribution in [0.3, 0.4) is 0 Å². The monoisotopic (exact) mass is 346 g/mol. The largest absolute Gasteiger partial charge is 0.383 e. The van der Waals surface area contributed by atoms with Gasteiger partial charge in [0.25, 0.3) is 0 Å². The van der Waals surface area contributed by atoms with Crippen LogP contribution in [0.2, 0.25) is 0 Å². The first-order chi connectivity index (χ1) is 12.5. The zero-order chi connectivity index (χ0) is 19.1. The molecular formula is C22H26N4. The lowest BCUT2D eigenvalue weighted by molar-refractivity contribution is 0.566. The average molecular weight is 346 g/mol. The van der Waals surface area contributed by atoms with Gasteiger partial charge in [-0.25, -0.2) is 9.97 Å². The topological polar surface area (TPSA) is 41.4 Å². The Morgan fingerprint density at radius 3 is 2.62 bits per heavy atom. The molecular weight excluding hydrogens is 320 g/mol. The molecule has 0 N–H and O–H groups in total. The Hall–Kier alpha value is -3.01. The van der Waals surface area contributed by atoms with Crippen molar-refractivity contribution in [3.05, 3.63) is 78.3 Å². The lowest BCUT2D eigenvalue weighted by Crippen LogP contribution is -2.05. The maximum atomic E-state index is 4.70. The Balaban J connectivity index is 2.45. The molecule has 1 aromatic heterocycles. The van der Waals surface area contributed by atoms with E-state index in [0.29, 0.717) is 5.82 Å². The van der Waals surface area contributed by atoms with Crippen LogP contribution in [-0.4, -0.2) is 41.7 Å². The van der Waals surface area contributed by atoms with Crippen molar-refractivity contribution in [1.82, 2.24) is 14.9 Å². The zero-order valence-corrected chi connectivity index (χ0v) is 16.2. The first-order valence-corrected chi connectivity index (χ1v) is 8.55. The van der Waals surface area contributed by atoms with Crippen LogP contribution in [0, 0.1) is 6.92 Å². The number of rotatable bonds is 6. The van der Waals surface area contributed by atoms with Crippen LogP contribution in [0.4, 0.5) is 0 Å². The number of aryl methyl sites for hydroxylation is 1. The number of benzene rings is 1. The van der Waals surface area contributed by atoms with Crippen molar-refractivity contribution in [2.75, 3.05) is 21.1 Å². The molecule has 26 heavy (non-hydrogen) atoms. The summed E-state index contributed by atoms with van der Waals surface area (Å²) in [5.41, 5.74) is 5.86. The molecule has 4 nitrogen and oxygen atoms in total. The fraction of sp³-hybridized carbons (Fsp3) is 0.227. The van der Waals surface area contributed by atoms with Gasteiger partial charge in [0.15, 0.2) is 5.82 Å². The number of aromatic nitrogens is 2. The standard InChI is InChI=1S/C22H26N4/c1-7-10-21(23-4)20-14-24-22(25-16(20)3)19-12-9-11-18(13-19)17(8-2)15-26(5)6/h7-15H,2H2,1,3-6H3/b10-7-,17-15+,23-21?. The SMILES string of the molecule is C=C/C(=C\N(C)C)c1cccc(-c2ncc(C(/C=C\C)=NC)c(C)n2)c1. The number of hydrogen-bond acceptors (Lipinski definition) is 4. The van der Waals surface area contributed by atoms with Gasteiger partial charge in [-0.05, 0) is 37.1 Å². The van der Waals surface area contributed by atoms with E-state index < -0.39 is 0 Å². The molecule has 2 aromatic rings. The van der Waals surface area contributed by atoms with Crippen molar-refractivity contribution in [2.45, 2.75) is 13.8 Å². The molecule has 0 saturated carbocycles. The lowest BCUT2D eigenvalue weighted by Gasteiger charge is -2.11. The lowest BCUT2D eigenvalue weighted by atomic mass is 10.0. The minimum absolute atomic E-state index is 0.706. The summed E-state index contributed by atoms with van der Waals surface area (Å²) in [6.45, 7) is 7.88. The van der Waals surface area contributed by atoms with Crippen molar-refractivity contribution in [2.24, 2.45) is 4.99 Å². The molecule has 0 amide bonds. The summed E-state index contributed by atoms with van der Waals surface area (Å²) in [5.74, 6) is 0.706. The number of aliphatic imine (C=N–C) groups is 1. The van der Waals surface area contributed by atoms with Gasteiger partial charge in [0, 0.05) is 44.7 Å². The van der Waals surface area contributed by atoms with E-state index in [2.05, 4.69) is 28.7 Å². The Morgan fingerprint density at radius 2 is 2.04 bits per heavy atom. The zero-order valence-electron chi connectivity index (χ0n) is 16.2. The molecule has 0 unspecified atom stereocenters. The highest BCUT2D eigenvalue weighted by Crippen LogP contribution is 2.23. The van der Waals surface area contributed by atoms with E-state index in [-0.39, 0.29) is 0 Å². The van der Waals surface area contributed by atoms with Crippen LogP contribution < -0.4 is 0 Å². The second kappa shape index (κ2) is 8.90. The normalized spacial score (nSPS) is 12.5. The molecule has 0 aliphatic carbocycles. The highest BCUT2D eigenvalue weighted by Gasteiger charge is 2.10. The van der Waals surface area contributed by atoms with Crippen LogP contribution in [0.15, 0.2) is 66.5 Å². The van der Waals surface area contributed by atoms with Gasteiger partial charge >= 0.3 is 0 Å². The van der Waals surface area contributed by atoms with Gasteiger partial charge in [0.05, 0.1) is 11.4 Å². The van der Waals surface area contributed by atoms with Crippen molar-refractivity contribution >= 4 is 11.3 Å². The summed E-state index contributed by atoms with van der Waals surface area (Å²) in [6.07, 6.45) is 9.68. The van der Waals surface area contributed by atoms with Crippen molar-refractivity contribution < 1.29 is 0 Å². The number of hydrogen-bond donors (Lipinski definition) is 0. The molecule has 0 saturated heterocycles. The predicted octanol–water partition coefficient (Wildman–Crippen LogP) is 4.54. The van der Waals surface area contributed by atoms with E-state index in [4.69, 9.17) is 4.98 Å². The molecule has 4 heteroatoms. The quantitative estimate of drug-likeness (QED) is 0.570. The Kier molecular flexibility index (Phi) is 6.61. The van der Waals surface area contributed by atoms with Gasteiger partial charge < -0.3 is 4.90 Å². The third kappa shape index (κ3) is 4.54. The molecule has 0 aliphatic heterocycles. The van der Waals surface area contributed by atoms with Crippen LogP contribution in [0.1, 0.15) is 23.7 Å². The van der Waals surface area contributed by atoms with E-state index in [1.807, 2.05) is 75.6 Å². The van der Waals surface area contributed by atoms with Gasteiger partial charge in [-0.3, -0.25) is 4.99 Å². The van der Waals surface area contributed by atoms with Crippen LogP contribution >= 0.6 is 0 Å². The first kappa shape index (κ1) is 19.3. The van der Waals surface area contributed by atoms with E-state index >= 15 is 0 Å². The molecule has 0 spiro atoms. The molecule has 0 aliphatic rings. The third-order valence-corrected chi connectivity index (χ3v) is 3.89. The maximum absolute atomic E-state index is 4.70. The Morgan fingerprint density at radius 1 is 1.27 bits per heavy atom. The van der Waals surface area contributed by atoms with Gasteiger partial charge in [-0.1, -0.05) is 36.9 Å². The van der Waals surface area contributed by atoms with Crippen LogP contribution in [-0.2, 0) is 0 Å². The highest BCUT2D eigenvalue weighted by atomic mass is 15.0. The average Bonchev–Trinajstić information content (AvgIpc) is 2.64. The van der Waals surface area contributed by atoms with E-state index in [9.17, 15) is 0 Å². The van der Waals surface area contributed by atoms with Crippen LogP contribution in [0.5, 0.6) is 0 Å². The van der Waals surface area contributed by atoms with E-state index in [0.717, 1.165) is 33.7 Å². The van der Waals surface area contributed by atoms with Gasteiger partial charge in [-0.15, -0.1) is 0 Å². The summed E-state index contributed by atoms with van der Waals surface area (Å²) < 4.78 is 0. The van der Waals surface area contributed by atoms with Crippen molar-refractivity contribution in [1.29, 1.82) is 0 Å². The van der Waals surface area contributed by atoms with Gasteiger partial charge in [0.1, 0.15) is 0 Å². The van der Waals surface area contributed by atoms with Gasteiger partial charge in [0.2, 0.25) is 0 Å². The minimum atomic E-state index is 0.706. The van der Waals surface area contributed by atoms with Crippen LogP contribution in [0.25, 0.3) is 17.0 Å². The second-order valence-corrected chi connectivity index (χ2v) is 6.13. The van der Waals surface area contributed by atoms with Crippen molar-refractivity contribution in [3.63, 3.8) is 0 Å². The third-order valence-electron chi connectivity index (χ3n) is 3.89. The summed E-state index contributed by atoms with van der Waals surface area (Å²) in [4.78, 5) is 15.6.